The van der Waals surface area contributed by atoms with Crippen molar-refractivity contribution in [3.63, 3.8) is 0 Å². The van der Waals surface area contributed by atoms with Gasteiger partial charge in [-0.3, -0.25) is 19.4 Å². The number of aliphatic hydroxyl groups is 1. The lowest BCUT2D eigenvalue weighted by Crippen LogP contribution is -2.36. The van der Waals surface area contributed by atoms with Crippen LogP contribution in [0.3, 0.4) is 0 Å². The van der Waals surface area contributed by atoms with Gasteiger partial charge in [-0.2, -0.15) is 0 Å². The average Bonchev–Trinajstić information content (AvgIpc) is 2.73. The second-order valence-corrected chi connectivity index (χ2v) is 7.03. The first-order chi connectivity index (χ1) is 14.9. The molecule has 1 aromatic carbocycles. The van der Waals surface area contributed by atoms with Gasteiger partial charge in [0.1, 0.15) is 6.61 Å². The molecule has 7 N–H and O–H groups in total. The van der Waals surface area contributed by atoms with Gasteiger partial charge in [-0.1, -0.05) is 36.8 Å². The number of ether oxygens (including phenoxy) is 1. The standard InChI is InChI=1S/C21H33N5O5/c22-21(23)25-11-6-2-5-9-18(28)26-14-17(27)13-19(29)24-12-10-20(30)31-15-16-7-3-1-4-8-16/h1,3-4,7-8,17,27H,2,5-6,9-15H2,(H,24,29)(H,26,28)(H4,22,23,25). The van der Waals surface area contributed by atoms with Crippen LogP contribution >= 0.6 is 0 Å². The van der Waals surface area contributed by atoms with Crippen molar-refractivity contribution in [1.29, 1.82) is 0 Å². The fourth-order valence-corrected chi connectivity index (χ4v) is 2.57. The summed E-state index contributed by atoms with van der Waals surface area (Å²) in [6.07, 6.45) is 1.47. The minimum Gasteiger partial charge on any atom is -0.461 e. The largest absolute Gasteiger partial charge is 0.461 e. The predicted octanol–water partition coefficient (Wildman–Crippen LogP) is -0.0629. The molecule has 172 valence electrons. The summed E-state index contributed by atoms with van der Waals surface area (Å²) < 4.78 is 5.12. The quantitative estimate of drug-likeness (QED) is 0.111. The summed E-state index contributed by atoms with van der Waals surface area (Å²) in [6.45, 7) is 0.815. The van der Waals surface area contributed by atoms with E-state index in [4.69, 9.17) is 16.2 Å². The molecule has 0 aliphatic heterocycles. The van der Waals surface area contributed by atoms with Gasteiger partial charge >= 0.3 is 5.97 Å². The van der Waals surface area contributed by atoms with Crippen LogP contribution in [0.15, 0.2) is 35.3 Å². The zero-order valence-electron chi connectivity index (χ0n) is 17.7. The van der Waals surface area contributed by atoms with Crippen LogP contribution in [0.5, 0.6) is 0 Å². The van der Waals surface area contributed by atoms with Crippen molar-refractivity contribution < 1.29 is 24.2 Å². The van der Waals surface area contributed by atoms with Crippen LogP contribution in [0.25, 0.3) is 0 Å². The van der Waals surface area contributed by atoms with Crippen LogP contribution in [-0.4, -0.2) is 54.6 Å². The fraction of sp³-hybridized carbons (Fsp3) is 0.524. The van der Waals surface area contributed by atoms with Crippen molar-refractivity contribution in [2.75, 3.05) is 19.6 Å². The van der Waals surface area contributed by atoms with Gasteiger partial charge in [-0.05, 0) is 18.4 Å². The first kappa shape index (κ1) is 25.9. The highest BCUT2D eigenvalue weighted by Crippen LogP contribution is 2.02. The maximum atomic E-state index is 11.8. The Labute approximate surface area is 182 Å². The second kappa shape index (κ2) is 15.7. The molecule has 10 nitrogen and oxygen atoms in total. The Balaban J connectivity index is 2.04. The van der Waals surface area contributed by atoms with Crippen molar-refractivity contribution >= 4 is 23.7 Å². The Morgan fingerprint density at radius 3 is 2.45 bits per heavy atom. The molecule has 0 aliphatic rings. The number of nitrogens with one attached hydrogen (secondary N) is 2. The molecule has 0 radical (unpaired) electrons. The van der Waals surface area contributed by atoms with Gasteiger partial charge in [0.05, 0.1) is 18.9 Å². The minimum atomic E-state index is -1.00. The maximum Gasteiger partial charge on any atom is 0.307 e. The van der Waals surface area contributed by atoms with Crippen molar-refractivity contribution in [2.45, 2.75) is 51.2 Å². The zero-order chi connectivity index (χ0) is 22.9. The number of hydrogen-bond donors (Lipinski definition) is 5. The van der Waals surface area contributed by atoms with Gasteiger partial charge in [0, 0.05) is 26.1 Å². The Morgan fingerprint density at radius 2 is 1.74 bits per heavy atom. The third-order valence-corrected chi connectivity index (χ3v) is 4.21. The van der Waals surface area contributed by atoms with Crippen LogP contribution in [0.1, 0.15) is 44.1 Å². The minimum absolute atomic E-state index is 0.0145. The van der Waals surface area contributed by atoms with Gasteiger partial charge < -0.3 is 31.9 Å². The molecule has 10 heteroatoms. The molecule has 31 heavy (non-hydrogen) atoms. The molecule has 2 amide bonds. The van der Waals surface area contributed by atoms with E-state index in [1.165, 1.54) is 0 Å². The van der Waals surface area contributed by atoms with E-state index >= 15 is 0 Å². The first-order valence-electron chi connectivity index (χ1n) is 10.3. The van der Waals surface area contributed by atoms with Gasteiger partial charge in [0.15, 0.2) is 5.96 Å². The van der Waals surface area contributed by atoms with E-state index < -0.39 is 18.0 Å². The number of nitrogens with two attached hydrogens (primary N) is 2. The Hall–Kier alpha value is -3.14. The molecule has 1 atom stereocenters. The summed E-state index contributed by atoms with van der Waals surface area (Å²) >= 11 is 0. The number of hydrogen-bond acceptors (Lipinski definition) is 6. The predicted molar refractivity (Wildman–Crippen MR) is 117 cm³/mol. The molecule has 0 fully saturated rings. The number of esters is 1. The molecule has 0 saturated carbocycles. The summed E-state index contributed by atoms with van der Waals surface area (Å²) in [5.41, 5.74) is 11.3. The smallest absolute Gasteiger partial charge is 0.307 e. The van der Waals surface area contributed by atoms with Crippen molar-refractivity contribution in [3.8, 4) is 0 Å². The zero-order valence-corrected chi connectivity index (χ0v) is 17.7. The summed E-state index contributed by atoms with van der Waals surface area (Å²) in [7, 11) is 0. The van der Waals surface area contributed by atoms with Crippen LogP contribution in [0, 0.1) is 0 Å². The molecular formula is C21H33N5O5. The highest BCUT2D eigenvalue weighted by Gasteiger charge is 2.13. The van der Waals surface area contributed by atoms with Gasteiger partial charge in [0.2, 0.25) is 11.8 Å². The third-order valence-electron chi connectivity index (χ3n) is 4.21. The van der Waals surface area contributed by atoms with Gasteiger partial charge in [-0.25, -0.2) is 0 Å². The number of guanidine groups is 1. The molecule has 1 unspecified atom stereocenters. The first-order valence-corrected chi connectivity index (χ1v) is 10.3. The number of benzene rings is 1. The Kier molecular flexibility index (Phi) is 13.1. The molecule has 0 aliphatic carbocycles. The fourth-order valence-electron chi connectivity index (χ4n) is 2.57. The summed E-state index contributed by atoms with van der Waals surface area (Å²) in [4.78, 5) is 39.1. The number of carbonyl (C=O) groups is 3. The Bertz CT molecular complexity index is 707. The van der Waals surface area contributed by atoms with E-state index in [0.717, 1.165) is 18.4 Å². The van der Waals surface area contributed by atoms with E-state index in [0.29, 0.717) is 19.4 Å². The topological polar surface area (TPSA) is 169 Å². The maximum absolute atomic E-state index is 11.8. The highest BCUT2D eigenvalue weighted by atomic mass is 16.5. The van der Waals surface area contributed by atoms with E-state index in [9.17, 15) is 19.5 Å². The molecule has 0 heterocycles. The number of rotatable bonds is 15. The number of amides is 2. The molecule has 0 spiro atoms. The van der Waals surface area contributed by atoms with E-state index in [-0.39, 0.29) is 44.4 Å². The van der Waals surface area contributed by atoms with Crippen molar-refractivity contribution in [1.82, 2.24) is 10.6 Å². The van der Waals surface area contributed by atoms with E-state index in [2.05, 4.69) is 15.6 Å². The number of unbranched alkanes of at least 4 members (excludes halogenated alkanes) is 2. The molecule has 0 bridgehead atoms. The van der Waals surface area contributed by atoms with Crippen LogP contribution in [0.2, 0.25) is 0 Å². The lowest BCUT2D eigenvalue weighted by atomic mass is 10.2. The third kappa shape index (κ3) is 14.5. The molecule has 0 saturated heterocycles. The van der Waals surface area contributed by atoms with Gasteiger partial charge in [0.25, 0.3) is 0 Å². The van der Waals surface area contributed by atoms with Crippen LogP contribution in [-0.2, 0) is 25.7 Å². The number of carbonyl (C=O) groups excluding carboxylic acids is 3. The summed E-state index contributed by atoms with van der Waals surface area (Å²) in [6, 6.07) is 9.29. The lowest BCUT2D eigenvalue weighted by molar-refractivity contribution is -0.144. The summed E-state index contributed by atoms with van der Waals surface area (Å²) in [5, 5.41) is 15.0. The highest BCUT2D eigenvalue weighted by molar-refractivity contribution is 5.78. The number of aliphatic hydroxyl groups excluding tert-OH is 1. The van der Waals surface area contributed by atoms with Crippen LogP contribution in [0.4, 0.5) is 0 Å². The lowest BCUT2D eigenvalue weighted by Gasteiger charge is -2.12. The Morgan fingerprint density at radius 1 is 1.00 bits per heavy atom. The normalized spacial score (nSPS) is 11.3. The second-order valence-electron chi connectivity index (χ2n) is 7.03. The van der Waals surface area contributed by atoms with Crippen LogP contribution < -0.4 is 22.1 Å². The van der Waals surface area contributed by atoms with Crippen molar-refractivity contribution in [3.05, 3.63) is 35.9 Å². The molecule has 1 aromatic rings. The monoisotopic (exact) mass is 435 g/mol. The molecule has 1 rings (SSSR count). The number of aliphatic imine (C=N–C) groups is 1. The van der Waals surface area contributed by atoms with Gasteiger partial charge in [-0.15, -0.1) is 0 Å². The van der Waals surface area contributed by atoms with E-state index in [1.54, 1.807) is 0 Å². The summed E-state index contributed by atoms with van der Waals surface area (Å²) in [5.74, 6) is -0.964. The number of nitrogens with zero attached hydrogens (tertiary/aromatic N) is 1. The average molecular weight is 436 g/mol. The SMILES string of the molecule is NC(N)=NCCCCCC(=O)NCC(O)CC(=O)NCCC(=O)OCc1ccccc1. The molecule has 0 aromatic heterocycles. The van der Waals surface area contributed by atoms with Crippen molar-refractivity contribution in [2.24, 2.45) is 16.5 Å². The molecular weight excluding hydrogens is 402 g/mol. The van der Waals surface area contributed by atoms with E-state index in [1.807, 2.05) is 30.3 Å².